The van der Waals surface area contributed by atoms with Gasteiger partial charge in [-0.3, -0.25) is 0 Å². The Labute approximate surface area is 99.5 Å². The van der Waals surface area contributed by atoms with Gasteiger partial charge in [-0.2, -0.15) is 0 Å². The third kappa shape index (κ3) is 2.56. The third-order valence-corrected chi connectivity index (χ3v) is 3.47. The van der Waals surface area contributed by atoms with Gasteiger partial charge in [-0.05, 0) is 30.9 Å². The van der Waals surface area contributed by atoms with E-state index in [0.29, 0.717) is 18.5 Å². The van der Waals surface area contributed by atoms with Crippen molar-refractivity contribution in [2.24, 2.45) is 11.7 Å². The van der Waals surface area contributed by atoms with Crippen LogP contribution in [0.4, 0.5) is 5.69 Å². The average Bonchev–Trinajstić information content (AvgIpc) is 2.26. The highest BCUT2D eigenvalue weighted by atomic mass is 15.1. The molecule has 2 nitrogen and oxygen atoms in total. The van der Waals surface area contributed by atoms with Crippen LogP contribution in [0.15, 0.2) is 18.2 Å². The second kappa shape index (κ2) is 5.35. The number of hydrogen-bond donors (Lipinski definition) is 1. The fourth-order valence-corrected chi connectivity index (χ4v) is 2.04. The molecule has 2 N–H and O–H groups in total. The van der Waals surface area contributed by atoms with Crippen LogP contribution in [0.25, 0.3) is 0 Å². The lowest BCUT2D eigenvalue weighted by molar-refractivity contribution is 0.504. The first-order chi connectivity index (χ1) is 7.49. The Kier molecular flexibility index (Phi) is 4.36. The molecule has 1 rings (SSSR count). The van der Waals surface area contributed by atoms with E-state index in [1.165, 1.54) is 16.8 Å². The molecule has 90 valence electrons. The van der Waals surface area contributed by atoms with E-state index in [1.807, 2.05) is 0 Å². The molecule has 0 bridgehead atoms. The van der Waals surface area contributed by atoms with Gasteiger partial charge in [-0.15, -0.1) is 0 Å². The quantitative estimate of drug-likeness (QED) is 0.845. The van der Waals surface area contributed by atoms with Gasteiger partial charge < -0.3 is 10.6 Å². The van der Waals surface area contributed by atoms with Crippen LogP contribution in [0.2, 0.25) is 0 Å². The van der Waals surface area contributed by atoms with Crippen molar-refractivity contribution in [3.05, 3.63) is 29.3 Å². The molecular weight excluding hydrogens is 196 g/mol. The molecule has 0 aliphatic heterocycles. The van der Waals surface area contributed by atoms with Crippen LogP contribution in [0, 0.1) is 12.8 Å². The van der Waals surface area contributed by atoms with Crippen LogP contribution in [0.3, 0.4) is 0 Å². The highest BCUT2D eigenvalue weighted by molar-refractivity contribution is 5.59. The molecule has 1 atom stereocenters. The lowest BCUT2D eigenvalue weighted by Crippen LogP contribution is -2.34. The summed E-state index contributed by atoms with van der Waals surface area (Å²) in [5, 5.41) is 0. The molecule has 16 heavy (non-hydrogen) atoms. The van der Waals surface area contributed by atoms with E-state index in [-0.39, 0.29) is 0 Å². The van der Waals surface area contributed by atoms with Crippen LogP contribution in [0.5, 0.6) is 0 Å². The summed E-state index contributed by atoms with van der Waals surface area (Å²) >= 11 is 0. The summed E-state index contributed by atoms with van der Waals surface area (Å²) in [6, 6.07) is 6.87. The summed E-state index contributed by atoms with van der Waals surface area (Å²) in [5.41, 5.74) is 9.64. The zero-order valence-corrected chi connectivity index (χ0v) is 11.1. The highest BCUT2D eigenvalue weighted by Crippen LogP contribution is 2.27. The van der Waals surface area contributed by atoms with Crippen molar-refractivity contribution in [1.82, 2.24) is 0 Å². The van der Waals surface area contributed by atoms with Gasteiger partial charge in [0.1, 0.15) is 0 Å². The first-order valence-corrected chi connectivity index (χ1v) is 6.00. The van der Waals surface area contributed by atoms with Crippen LogP contribution in [0.1, 0.15) is 31.9 Å². The second-order valence-corrected chi connectivity index (χ2v) is 4.88. The Morgan fingerprint density at radius 1 is 1.25 bits per heavy atom. The molecular formula is C14H24N2. The number of para-hydroxylation sites is 1. The minimum atomic E-state index is 0.520. The van der Waals surface area contributed by atoms with E-state index >= 15 is 0 Å². The van der Waals surface area contributed by atoms with Crippen molar-refractivity contribution >= 4 is 5.69 Å². The summed E-state index contributed by atoms with van der Waals surface area (Å²) in [4.78, 5) is 2.35. The molecule has 0 aliphatic carbocycles. The standard InChI is InChI=1S/C14H24N2/c1-10(2)12(4)16(5)14-11(3)7-6-8-13(14)9-15/h6-8,10,12H,9,15H2,1-5H3. The Bertz CT molecular complexity index is 345. The lowest BCUT2D eigenvalue weighted by atomic mass is 10.0. The average molecular weight is 220 g/mol. The van der Waals surface area contributed by atoms with Gasteiger partial charge in [-0.25, -0.2) is 0 Å². The molecule has 2 heteroatoms. The van der Waals surface area contributed by atoms with Crippen LogP contribution in [-0.2, 0) is 6.54 Å². The number of nitrogens with zero attached hydrogens (tertiary/aromatic N) is 1. The molecule has 0 radical (unpaired) electrons. The second-order valence-electron chi connectivity index (χ2n) is 4.88. The zero-order valence-electron chi connectivity index (χ0n) is 11.1. The summed E-state index contributed by atoms with van der Waals surface area (Å²) in [7, 11) is 2.16. The van der Waals surface area contributed by atoms with Gasteiger partial charge in [0.25, 0.3) is 0 Å². The number of benzene rings is 1. The van der Waals surface area contributed by atoms with Crippen molar-refractivity contribution in [2.45, 2.75) is 40.3 Å². The van der Waals surface area contributed by atoms with Crippen molar-refractivity contribution < 1.29 is 0 Å². The molecule has 0 fully saturated rings. The maximum absolute atomic E-state index is 5.81. The molecule has 0 amide bonds. The number of hydrogen-bond acceptors (Lipinski definition) is 2. The molecule has 1 aromatic rings. The molecule has 1 unspecified atom stereocenters. The van der Waals surface area contributed by atoms with E-state index < -0.39 is 0 Å². The van der Waals surface area contributed by atoms with Gasteiger partial charge in [-0.1, -0.05) is 32.0 Å². The first-order valence-electron chi connectivity index (χ1n) is 6.00. The SMILES string of the molecule is Cc1cccc(CN)c1N(C)C(C)C(C)C. The Hall–Kier alpha value is -1.02. The minimum Gasteiger partial charge on any atom is -0.371 e. The summed E-state index contributed by atoms with van der Waals surface area (Å²) in [5.74, 6) is 0.634. The largest absolute Gasteiger partial charge is 0.371 e. The maximum atomic E-state index is 5.81. The van der Waals surface area contributed by atoms with Gasteiger partial charge in [0.15, 0.2) is 0 Å². The molecule has 0 aliphatic rings. The van der Waals surface area contributed by atoms with Crippen LogP contribution < -0.4 is 10.6 Å². The predicted molar refractivity (Wildman–Crippen MR) is 71.8 cm³/mol. The van der Waals surface area contributed by atoms with Crippen molar-refractivity contribution in [1.29, 1.82) is 0 Å². The summed E-state index contributed by atoms with van der Waals surface area (Å²) in [6.07, 6.45) is 0. The predicted octanol–water partition coefficient (Wildman–Crippen LogP) is 2.93. The maximum Gasteiger partial charge on any atom is 0.0441 e. The smallest absolute Gasteiger partial charge is 0.0441 e. The van der Waals surface area contributed by atoms with Gasteiger partial charge in [0.05, 0.1) is 0 Å². The molecule has 0 saturated heterocycles. The third-order valence-electron chi connectivity index (χ3n) is 3.47. The lowest BCUT2D eigenvalue weighted by Gasteiger charge is -2.32. The molecule has 1 aromatic carbocycles. The molecule has 0 aromatic heterocycles. The summed E-state index contributed by atoms with van der Waals surface area (Å²) < 4.78 is 0. The Balaban J connectivity index is 3.11. The monoisotopic (exact) mass is 220 g/mol. The van der Waals surface area contributed by atoms with Gasteiger partial charge >= 0.3 is 0 Å². The Morgan fingerprint density at radius 2 is 1.88 bits per heavy atom. The van der Waals surface area contributed by atoms with Crippen LogP contribution in [-0.4, -0.2) is 13.1 Å². The number of aryl methyl sites for hydroxylation is 1. The topological polar surface area (TPSA) is 29.3 Å². The van der Waals surface area contributed by atoms with Gasteiger partial charge in [0.2, 0.25) is 0 Å². The van der Waals surface area contributed by atoms with Crippen LogP contribution >= 0.6 is 0 Å². The van der Waals surface area contributed by atoms with Gasteiger partial charge in [0, 0.05) is 25.3 Å². The van der Waals surface area contributed by atoms with E-state index in [1.54, 1.807) is 0 Å². The number of nitrogens with two attached hydrogens (primary N) is 1. The fourth-order valence-electron chi connectivity index (χ4n) is 2.04. The van der Waals surface area contributed by atoms with Crippen molar-refractivity contribution in [3.8, 4) is 0 Å². The molecule has 0 spiro atoms. The molecule has 0 saturated carbocycles. The van der Waals surface area contributed by atoms with Crippen molar-refractivity contribution in [2.75, 3.05) is 11.9 Å². The minimum absolute atomic E-state index is 0.520. The first kappa shape index (κ1) is 13.0. The normalized spacial score (nSPS) is 12.9. The fraction of sp³-hybridized carbons (Fsp3) is 0.571. The van der Waals surface area contributed by atoms with E-state index in [2.05, 4.69) is 57.8 Å². The zero-order chi connectivity index (χ0) is 12.3. The van der Waals surface area contributed by atoms with E-state index in [4.69, 9.17) is 5.73 Å². The number of rotatable bonds is 4. The van der Waals surface area contributed by atoms with Crippen molar-refractivity contribution in [3.63, 3.8) is 0 Å². The summed E-state index contributed by atoms with van der Waals surface area (Å²) in [6.45, 7) is 9.52. The molecule has 0 heterocycles. The number of anilines is 1. The Morgan fingerprint density at radius 3 is 2.38 bits per heavy atom. The van der Waals surface area contributed by atoms with E-state index in [0.717, 1.165) is 0 Å². The van der Waals surface area contributed by atoms with E-state index in [9.17, 15) is 0 Å². The highest BCUT2D eigenvalue weighted by Gasteiger charge is 2.17.